The molecule has 0 bridgehead atoms. The summed E-state index contributed by atoms with van der Waals surface area (Å²) in [5.74, 6) is -0.326. The van der Waals surface area contributed by atoms with Crippen LogP contribution in [0.15, 0.2) is 48.5 Å². The highest BCUT2D eigenvalue weighted by molar-refractivity contribution is 6.04. The van der Waals surface area contributed by atoms with Crippen molar-refractivity contribution < 1.29 is 9.18 Å². The summed E-state index contributed by atoms with van der Waals surface area (Å²) < 4.78 is 13.8. The monoisotopic (exact) mass is 284 g/mol. The van der Waals surface area contributed by atoms with Crippen molar-refractivity contribution in [3.05, 3.63) is 71.0 Å². The van der Waals surface area contributed by atoms with Gasteiger partial charge in [0.1, 0.15) is 5.82 Å². The molecule has 0 saturated carbocycles. The first-order chi connectivity index (χ1) is 10.0. The Kier molecular flexibility index (Phi) is 4.56. The number of Topliss-reactive ketones (excluding diaryl/α,β-unsaturated/α-hetero) is 1. The highest BCUT2D eigenvalue weighted by Crippen LogP contribution is 2.35. The fraction of sp³-hybridized carbons (Fsp3) is 0.316. The number of benzene rings is 2. The van der Waals surface area contributed by atoms with Crippen LogP contribution in [0.5, 0.6) is 0 Å². The third-order valence-electron chi connectivity index (χ3n) is 4.40. The summed E-state index contributed by atoms with van der Waals surface area (Å²) in [5.41, 5.74) is 1.43. The lowest BCUT2D eigenvalue weighted by Crippen LogP contribution is -2.34. The summed E-state index contributed by atoms with van der Waals surface area (Å²) in [6, 6.07) is 14.5. The van der Waals surface area contributed by atoms with Crippen molar-refractivity contribution in [3.8, 4) is 0 Å². The molecule has 0 fully saturated rings. The first kappa shape index (κ1) is 15.4. The van der Waals surface area contributed by atoms with E-state index in [-0.39, 0.29) is 11.6 Å². The summed E-state index contributed by atoms with van der Waals surface area (Å²) in [4.78, 5) is 13.0. The third-order valence-corrected chi connectivity index (χ3v) is 4.40. The van der Waals surface area contributed by atoms with Crippen LogP contribution in [0.2, 0.25) is 0 Å². The normalized spacial score (nSPS) is 11.4. The van der Waals surface area contributed by atoms with Crippen LogP contribution in [0.3, 0.4) is 0 Å². The molecule has 2 aromatic rings. The lowest BCUT2D eigenvalue weighted by atomic mass is 9.70. The molecule has 1 nitrogen and oxygen atoms in total. The minimum absolute atomic E-state index is 0.00222. The third kappa shape index (κ3) is 2.76. The van der Waals surface area contributed by atoms with Gasteiger partial charge in [0.15, 0.2) is 5.78 Å². The van der Waals surface area contributed by atoms with E-state index in [4.69, 9.17) is 0 Å². The molecule has 0 aliphatic rings. The van der Waals surface area contributed by atoms with Crippen molar-refractivity contribution in [1.82, 2.24) is 0 Å². The van der Waals surface area contributed by atoms with Crippen LogP contribution in [0.4, 0.5) is 4.39 Å². The standard InChI is InChI=1S/C19H21FO/c1-4-19(5-2,16-9-7-6-8-10-16)18(21)15-12-11-14(3)17(20)13-15/h6-13H,4-5H2,1-3H3. The maximum Gasteiger partial charge on any atom is 0.173 e. The Morgan fingerprint density at radius 2 is 1.67 bits per heavy atom. The molecule has 0 aliphatic carbocycles. The van der Waals surface area contributed by atoms with Gasteiger partial charge >= 0.3 is 0 Å². The SMILES string of the molecule is CCC(CC)(C(=O)c1ccc(C)c(F)c1)c1ccccc1. The maximum absolute atomic E-state index is 13.8. The van der Waals surface area contributed by atoms with Gasteiger partial charge in [-0.2, -0.15) is 0 Å². The number of rotatable bonds is 5. The Morgan fingerprint density at radius 3 is 2.19 bits per heavy atom. The number of hydrogen-bond acceptors (Lipinski definition) is 1. The molecule has 2 rings (SSSR count). The van der Waals surface area contributed by atoms with Gasteiger partial charge in [0.05, 0.1) is 5.41 Å². The number of hydrogen-bond donors (Lipinski definition) is 0. The molecule has 2 heteroatoms. The second kappa shape index (κ2) is 6.21. The quantitative estimate of drug-likeness (QED) is 0.700. The van der Waals surface area contributed by atoms with Crippen LogP contribution in [-0.4, -0.2) is 5.78 Å². The van der Waals surface area contributed by atoms with Crippen LogP contribution >= 0.6 is 0 Å². The van der Waals surface area contributed by atoms with Gasteiger partial charge in [0, 0.05) is 5.56 Å². The summed E-state index contributed by atoms with van der Waals surface area (Å²) in [5, 5.41) is 0. The summed E-state index contributed by atoms with van der Waals surface area (Å²) in [7, 11) is 0. The average molecular weight is 284 g/mol. The van der Waals surface area contributed by atoms with E-state index in [0.717, 1.165) is 5.56 Å². The van der Waals surface area contributed by atoms with Crippen molar-refractivity contribution >= 4 is 5.78 Å². The predicted molar refractivity (Wildman–Crippen MR) is 84.2 cm³/mol. The van der Waals surface area contributed by atoms with Gasteiger partial charge in [0.2, 0.25) is 0 Å². The fourth-order valence-corrected chi connectivity index (χ4v) is 2.88. The van der Waals surface area contributed by atoms with E-state index in [0.29, 0.717) is 24.0 Å². The molecule has 0 amide bonds. The van der Waals surface area contributed by atoms with Crippen LogP contribution in [0.1, 0.15) is 48.2 Å². The molecule has 110 valence electrons. The Labute approximate surface area is 125 Å². The van der Waals surface area contributed by atoms with Crippen LogP contribution in [0, 0.1) is 12.7 Å². The van der Waals surface area contributed by atoms with E-state index in [2.05, 4.69) is 0 Å². The average Bonchev–Trinajstić information content (AvgIpc) is 2.52. The summed E-state index contributed by atoms with van der Waals surface area (Å²) >= 11 is 0. The van der Waals surface area contributed by atoms with E-state index in [9.17, 15) is 9.18 Å². The largest absolute Gasteiger partial charge is 0.293 e. The summed E-state index contributed by atoms with van der Waals surface area (Å²) in [6.07, 6.45) is 1.39. The van der Waals surface area contributed by atoms with E-state index >= 15 is 0 Å². The molecule has 0 spiro atoms. The highest BCUT2D eigenvalue weighted by Gasteiger charge is 2.37. The molecular weight excluding hydrogens is 263 g/mol. The number of carbonyl (C=O) groups is 1. The number of aryl methyl sites for hydroxylation is 1. The second-order valence-electron chi connectivity index (χ2n) is 5.45. The van der Waals surface area contributed by atoms with Crippen molar-refractivity contribution in [1.29, 1.82) is 0 Å². The van der Waals surface area contributed by atoms with E-state index in [1.807, 2.05) is 44.2 Å². The molecule has 0 aliphatic heterocycles. The van der Waals surface area contributed by atoms with Gasteiger partial charge in [-0.3, -0.25) is 4.79 Å². The minimum atomic E-state index is -0.580. The molecule has 0 atom stereocenters. The van der Waals surface area contributed by atoms with Crippen molar-refractivity contribution in [2.24, 2.45) is 0 Å². The zero-order valence-electron chi connectivity index (χ0n) is 12.8. The first-order valence-electron chi connectivity index (χ1n) is 7.41. The predicted octanol–water partition coefficient (Wildman–Crippen LogP) is 5.07. The number of carbonyl (C=O) groups excluding carboxylic acids is 1. The summed E-state index contributed by atoms with van der Waals surface area (Å²) in [6.45, 7) is 5.73. The van der Waals surface area contributed by atoms with Crippen LogP contribution in [-0.2, 0) is 5.41 Å². The zero-order valence-corrected chi connectivity index (χ0v) is 12.8. The fourth-order valence-electron chi connectivity index (χ4n) is 2.88. The van der Waals surface area contributed by atoms with Gasteiger partial charge in [-0.05, 0) is 37.0 Å². The Morgan fingerprint density at radius 1 is 1.05 bits per heavy atom. The second-order valence-corrected chi connectivity index (χ2v) is 5.45. The van der Waals surface area contributed by atoms with Gasteiger partial charge in [0.25, 0.3) is 0 Å². The van der Waals surface area contributed by atoms with Crippen molar-refractivity contribution in [2.75, 3.05) is 0 Å². The lowest BCUT2D eigenvalue weighted by Gasteiger charge is -2.31. The van der Waals surface area contributed by atoms with Gasteiger partial charge in [-0.1, -0.05) is 56.3 Å². The smallest absolute Gasteiger partial charge is 0.173 e. The lowest BCUT2D eigenvalue weighted by molar-refractivity contribution is 0.0872. The Hall–Kier alpha value is -1.96. The van der Waals surface area contributed by atoms with Gasteiger partial charge in [-0.25, -0.2) is 4.39 Å². The van der Waals surface area contributed by atoms with Crippen molar-refractivity contribution in [3.63, 3.8) is 0 Å². The molecule has 0 unspecified atom stereocenters. The molecule has 0 aromatic heterocycles. The zero-order chi connectivity index (χ0) is 15.5. The van der Waals surface area contributed by atoms with Crippen molar-refractivity contribution in [2.45, 2.75) is 39.0 Å². The van der Waals surface area contributed by atoms with Crippen LogP contribution in [0.25, 0.3) is 0 Å². The maximum atomic E-state index is 13.8. The molecular formula is C19H21FO. The molecule has 2 aromatic carbocycles. The highest BCUT2D eigenvalue weighted by atomic mass is 19.1. The Bertz CT molecular complexity index is 627. The van der Waals surface area contributed by atoms with E-state index < -0.39 is 5.41 Å². The molecule has 0 saturated heterocycles. The molecule has 0 radical (unpaired) electrons. The van der Waals surface area contributed by atoms with Crippen LogP contribution < -0.4 is 0 Å². The number of halogens is 1. The topological polar surface area (TPSA) is 17.1 Å². The van der Waals surface area contributed by atoms with E-state index in [1.54, 1.807) is 19.1 Å². The molecule has 21 heavy (non-hydrogen) atoms. The number of ketones is 1. The van der Waals surface area contributed by atoms with E-state index in [1.165, 1.54) is 6.07 Å². The van der Waals surface area contributed by atoms with Gasteiger partial charge in [-0.15, -0.1) is 0 Å². The molecule has 0 heterocycles. The minimum Gasteiger partial charge on any atom is -0.293 e. The molecule has 0 N–H and O–H groups in total. The van der Waals surface area contributed by atoms with Gasteiger partial charge < -0.3 is 0 Å². The first-order valence-corrected chi connectivity index (χ1v) is 7.41. The Balaban J connectivity index is 2.52.